The van der Waals surface area contributed by atoms with Crippen LogP contribution in [0, 0.1) is 3.57 Å². The van der Waals surface area contributed by atoms with Gasteiger partial charge in [0.2, 0.25) is 0 Å². The largest absolute Gasteiger partial charge is 0.495 e. The van der Waals surface area contributed by atoms with E-state index in [0.29, 0.717) is 0 Å². The summed E-state index contributed by atoms with van der Waals surface area (Å²) in [5.41, 5.74) is -0.00904. The number of amides is 1. The zero-order valence-electron chi connectivity index (χ0n) is 8.06. The molecule has 0 atom stereocenters. The number of hydrogen-bond acceptors (Lipinski definition) is 2. The molecule has 0 unspecified atom stereocenters. The lowest BCUT2D eigenvalue weighted by Gasteiger charge is -2.11. The van der Waals surface area contributed by atoms with Crippen molar-refractivity contribution in [3.63, 3.8) is 0 Å². The number of benzene rings is 1. The summed E-state index contributed by atoms with van der Waals surface area (Å²) in [7, 11) is 1.31. The van der Waals surface area contributed by atoms with E-state index >= 15 is 0 Å². The maximum Gasteiger partial charge on any atom is 0.471 e. The van der Waals surface area contributed by atoms with Gasteiger partial charge in [-0.15, -0.1) is 0 Å². The highest BCUT2D eigenvalue weighted by Crippen LogP contribution is 2.28. The molecule has 0 fully saturated rings. The van der Waals surface area contributed by atoms with Crippen LogP contribution in [-0.4, -0.2) is 19.2 Å². The minimum atomic E-state index is -4.91. The summed E-state index contributed by atoms with van der Waals surface area (Å²) >= 11 is 1.98. The molecule has 0 bridgehead atoms. The molecule has 16 heavy (non-hydrogen) atoms. The molecule has 3 nitrogen and oxygen atoms in total. The third kappa shape index (κ3) is 3.26. The summed E-state index contributed by atoms with van der Waals surface area (Å²) in [6.07, 6.45) is -4.91. The Hall–Kier alpha value is -0.990. The molecule has 0 aliphatic carbocycles. The lowest BCUT2D eigenvalue weighted by molar-refractivity contribution is -0.167. The standard InChI is InChI=1S/C9H7F3INO2/c1-16-7-4-5(13)2-3-6(7)14-8(15)9(10,11)12/h2-4H,1H3,(H,14,15). The predicted octanol–water partition coefficient (Wildman–Crippen LogP) is 2.80. The first-order chi connectivity index (χ1) is 7.34. The molecule has 1 aromatic carbocycles. The van der Waals surface area contributed by atoms with Crippen LogP contribution in [0.4, 0.5) is 18.9 Å². The average Bonchev–Trinajstić information content (AvgIpc) is 2.19. The fraction of sp³-hybridized carbons (Fsp3) is 0.222. The fourth-order valence-corrected chi connectivity index (χ4v) is 1.42. The highest BCUT2D eigenvalue weighted by molar-refractivity contribution is 14.1. The van der Waals surface area contributed by atoms with Gasteiger partial charge in [-0.1, -0.05) is 0 Å². The van der Waals surface area contributed by atoms with Crippen LogP contribution in [0.1, 0.15) is 0 Å². The van der Waals surface area contributed by atoms with E-state index in [9.17, 15) is 18.0 Å². The van der Waals surface area contributed by atoms with Crippen molar-refractivity contribution >= 4 is 34.2 Å². The van der Waals surface area contributed by atoms with Crippen LogP contribution in [0.2, 0.25) is 0 Å². The van der Waals surface area contributed by atoms with Crippen molar-refractivity contribution in [3.8, 4) is 5.75 Å². The van der Waals surface area contributed by atoms with Gasteiger partial charge in [0.05, 0.1) is 12.8 Å². The number of halogens is 4. The second-order valence-corrected chi connectivity index (χ2v) is 4.04. The van der Waals surface area contributed by atoms with Crippen molar-refractivity contribution in [1.82, 2.24) is 0 Å². The van der Waals surface area contributed by atoms with Crippen molar-refractivity contribution in [2.75, 3.05) is 12.4 Å². The molecule has 0 spiro atoms. The minimum Gasteiger partial charge on any atom is -0.495 e. The third-order valence-corrected chi connectivity index (χ3v) is 2.34. The van der Waals surface area contributed by atoms with Crippen LogP contribution >= 0.6 is 22.6 Å². The van der Waals surface area contributed by atoms with Crippen LogP contribution in [0.25, 0.3) is 0 Å². The van der Waals surface area contributed by atoms with Gasteiger partial charge in [0.25, 0.3) is 0 Å². The Labute approximate surface area is 103 Å². The number of hydrogen-bond donors (Lipinski definition) is 1. The number of anilines is 1. The summed E-state index contributed by atoms with van der Waals surface area (Å²) in [5, 5.41) is 1.74. The van der Waals surface area contributed by atoms with Crippen molar-refractivity contribution in [2.24, 2.45) is 0 Å². The first-order valence-corrected chi connectivity index (χ1v) is 5.14. The second kappa shape index (κ2) is 4.89. The maximum absolute atomic E-state index is 12.0. The monoisotopic (exact) mass is 345 g/mol. The fourth-order valence-electron chi connectivity index (χ4n) is 0.962. The van der Waals surface area contributed by atoms with Crippen LogP contribution < -0.4 is 10.1 Å². The lowest BCUT2D eigenvalue weighted by Crippen LogP contribution is -2.30. The normalized spacial score (nSPS) is 11.1. The van der Waals surface area contributed by atoms with Gasteiger partial charge < -0.3 is 10.1 Å². The van der Waals surface area contributed by atoms with E-state index in [2.05, 4.69) is 0 Å². The second-order valence-electron chi connectivity index (χ2n) is 2.80. The van der Waals surface area contributed by atoms with E-state index in [0.717, 1.165) is 3.57 Å². The Bertz CT molecular complexity index is 406. The molecule has 1 amide bonds. The van der Waals surface area contributed by atoms with Crippen molar-refractivity contribution in [2.45, 2.75) is 6.18 Å². The summed E-state index contributed by atoms with van der Waals surface area (Å²) in [5.74, 6) is -1.84. The number of carbonyl (C=O) groups is 1. The van der Waals surface area contributed by atoms with E-state index in [1.165, 1.54) is 19.2 Å². The average molecular weight is 345 g/mol. The molecule has 0 aliphatic rings. The Morgan fingerprint density at radius 1 is 1.44 bits per heavy atom. The molecule has 0 radical (unpaired) electrons. The SMILES string of the molecule is COc1cc(I)ccc1NC(=O)C(F)(F)F. The topological polar surface area (TPSA) is 38.3 Å². The molecule has 1 aromatic rings. The first kappa shape index (κ1) is 13.1. The molecule has 7 heteroatoms. The summed E-state index contributed by atoms with van der Waals surface area (Å²) < 4.78 is 41.6. The van der Waals surface area contributed by atoms with E-state index in [-0.39, 0.29) is 11.4 Å². The molecular formula is C9H7F3INO2. The number of nitrogens with one attached hydrogen (secondary N) is 1. The smallest absolute Gasteiger partial charge is 0.471 e. The van der Waals surface area contributed by atoms with Gasteiger partial charge >= 0.3 is 12.1 Å². The van der Waals surface area contributed by atoms with Gasteiger partial charge in [0, 0.05) is 3.57 Å². The maximum atomic E-state index is 12.0. The van der Waals surface area contributed by atoms with Crippen LogP contribution in [-0.2, 0) is 4.79 Å². The number of carbonyl (C=O) groups excluding carboxylic acids is 1. The molecule has 1 rings (SSSR count). The highest BCUT2D eigenvalue weighted by Gasteiger charge is 2.39. The minimum absolute atomic E-state index is 0.00904. The van der Waals surface area contributed by atoms with Crippen LogP contribution in [0.15, 0.2) is 18.2 Å². The molecule has 0 aromatic heterocycles. The zero-order chi connectivity index (χ0) is 12.3. The molecule has 88 valence electrons. The van der Waals surface area contributed by atoms with Crippen LogP contribution in [0.5, 0.6) is 5.75 Å². The number of methoxy groups -OCH3 is 1. The van der Waals surface area contributed by atoms with Crippen LogP contribution in [0.3, 0.4) is 0 Å². The predicted molar refractivity (Wildman–Crippen MR) is 60.4 cm³/mol. The van der Waals surface area contributed by atoms with Crippen molar-refractivity contribution in [3.05, 3.63) is 21.8 Å². The number of alkyl halides is 3. The van der Waals surface area contributed by atoms with E-state index in [4.69, 9.17) is 4.74 Å². The lowest BCUT2D eigenvalue weighted by atomic mass is 10.3. The van der Waals surface area contributed by atoms with Gasteiger partial charge in [-0.3, -0.25) is 4.79 Å². The molecular weight excluding hydrogens is 338 g/mol. The van der Waals surface area contributed by atoms with Gasteiger partial charge in [-0.05, 0) is 40.8 Å². The summed E-state index contributed by atoms with van der Waals surface area (Å²) in [6.45, 7) is 0. The van der Waals surface area contributed by atoms with E-state index in [1.54, 1.807) is 11.4 Å². The zero-order valence-corrected chi connectivity index (χ0v) is 10.2. The molecule has 0 heterocycles. The van der Waals surface area contributed by atoms with Gasteiger partial charge in [-0.2, -0.15) is 13.2 Å². The van der Waals surface area contributed by atoms with Crippen molar-refractivity contribution < 1.29 is 22.7 Å². The molecule has 0 saturated carbocycles. The summed E-state index contributed by atoms with van der Waals surface area (Å²) in [4.78, 5) is 10.7. The van der Waals surface area contributed by atoms with Gasteiger partial charge in [0.15, 0.2) is 0 Å². The Morgan fingerprint density at radius 3 is 2.56 bits per heavy atom. The van der Waals surface area contributed by atoms with E-state index in [1.807, 2.05) is 22.6 Å². The quantitative estimate of drug-likeness (QED) is 0.838. The van der Waals surface area contributed by atoms with Crippen molar-refractivity contribution in [1.29, 1.82) is 0 Å². The Morgan fingerprint density at radius 2 is 2.06 bits per heavy atom. The molecule has 0 aliphatic heterocycles. The van der Waals surface area contributed by atoms with Gasteiger partial charge in [-0.25, -0.2) is 0 Å². The molecule has 0 saturated heterocycles. The van der Waals surface area contributed by atoms with E-state index < -0.39 is 12.1 Å². The molecule has 1 N–H and O–H groups in total. The van der Waals surface area contributed by atoms with Gasteiger partial charge in [0.1, 0.15) is 5.75 Å². The summed E-state index contributed by atoms with van der Waals surface area (Å²) in [6, 6.07) is 4.44. The Balaban J connectivity index is 2.93. The number of ether oxygens (including phenoxy) is 1. The number of rotatable bonds is 2. The third-order valence-electron chi connectivity index (χ3n) is 1.67. The first-order valence-electron chi connectivity index (χ1n) is 4.06. The highest BCUT2D eigenvalue weighted by atomic mass is 127. The Kier molecular flexibility index (Phi) is 4.00.